The van der Waals surface area contributed by atoms with Gasteiger partial charge in [-0.2, -0.15) is 5.10 Å². The zero-order valence-corrected chi connectivity index (χ0v) is 13.8. The molecule has 1 aromatic heterocycles. The van der Waals surface area contributed by atoms with Crippen molar-refractivity contribution >= 4 is 35.1 Å². The molecule has 3 rings (SSSR count). The molecule has 2 aromatic rings. The van der Waals surface area contributed by atoms with Gasteiger partial charge in [0.2, 0.25) is 5.67 Å². The highest BCUT2D eigenvalue weighted by Gasteiger charge is 2.47. The molecule has 1 aromatic carbocycles. The van der Waals surface area contributed by atoms with Crippen molar-refractivity contribution in [3.8, 4) is 5.69 Å². The number of nitrogens with zero attached hydrogens (tertiary/aromatic N) is 3. The number of carbonyl (C=O) groups is 2. The van der Waals surface area contributed by atoms with Crippen LogP contribution in [0.3, 0.4) is 0 Å². The topological polar surface area (TPSA) is 75.4 Å². The second-order valence-electron chi connectivity index (χ2n) is 5.49. The molecular formula is C15H12Cl2FN3O3. The van der Waals surface area contributed by atoms with E-state index in [-0.39, 0.29) is 18.7 Å². The third-order valence-corrected chi connectivity index (χ3v) is 4.60. The van der Waals surface area contributed by atoms with Crippen molar-refractivity contribution in [3.05, 3.63) is 46.2 Å². The first kappa shape index (κ1) is 16.7. The Bertz CT molecular complexity index is 826. The number of alkyl halides is 1. The molecule has 0 spiro atoms. The highest BCUT2D eigenvalue weighted by atomic mass is 35.5. The van der Waals surface area contributed by atoms with Crippen molar-refractivity contribution < 1.29 is 19.1 Å². The fourth-order valence-corrected chi connectivity index (χ4v) is 2.78. The number of carboxylic acid groups (broad SMARTS) is 1. The summed E-state index contributed by atoms with van der Waals surface area (Å²) in [5.41, 5.74) is -1.70. The van der Waals surface area contributed by atoms with Gasteiger partial charge in [0.15, 0.2) is 5.69 Å². The van der Waals surface area contributed by atoms with E-state index < -0.39 is 24.1 Å². The maximum absolute atomic E-state index is 14.1. The van der Waals surface area contributed by atoms with Gasteiger partial charge in [0, 0.05) is 19.2 Å². The quantitative estimate of drug-likeness (QED) is 0.899. The van der Waals surface area contributed by atoms with E-state index in [0.717, 1.165) is 4.90 Å². The summed E-state index contributed by atoms with van der Waals surface area (Å²) in [7, 11) is 0. The summed E-state index contributed by atoms with van der Waals surface area (Å²) in [6.07, 6.45) is 1.32. The first-order chi connectivity index (χ1) is 11.3. The number of halogens is 3. The third-order valence-electron chi connectivity index (χ3n) is 3.87. The van der Waals surface area contributed by atoms with Gasteiger partial charge in [-0.3, -0.25) is 4.79 Å². The molecule has 1 N–H and O–H groups in total. The largest absolute Gasteiger partial charge is 0.479 e. The SMILES string of the molecule is O=C(c1ccn(-c2ccc(Cl)c(Cl)c2)n1)N1CCC(F)(C(=O)O)C1. The van der Waals surface area contributed by atoms with Crippen LogP contribution in [-0.2, 0) is 4.79 Å². The molecule has 1 amide bonds. The van der Waals surface area contributed by atoms with Crippen LogP contribution in [0.2, 0.25) is 10.0 Å². The van der Waals surface area contributed by atoms with Crippen molar-refractivity contribution in [2.24, 2.45) is 0 Å². The summed E-state index contributed by atoms with van der Waals surface area (Å²) in [6, 6.07) is 6.36. The first-order valence-corrected chi connectivity index (χ1v) is 7.78. The zero-order valence-electron chi connectivity index (χ0n) is 12.2. The molecule has 1 unspecified atom stereocenters. The minimum Gasteiger partial charge on any atom is -0.479 e. The van der Waals surface area contributed by atoms with Gasteiger partial charge in [-0.05, 0) is 24.3 Å². The fourth-order valence-electron chi connectivity index (χ4n) is 2.49. The number of likely N-dealkylation sites (tertiary alicyclic amines) is 1. The molecule has 6 nitrogen and oxygen atoms in total. The lowest BCUT2D eigenvalue weighted by Crippen LogP contribution is -2.39. The van der Waals surface area contributed by atoms with Crippen molar-refractivity contribution in [3.63, 3.8) is 0 Å². The zero-order chi connectivity index (χ0) is 17.5. The molecule has 0 radical (unpaired) electrons. The molecule has 2 heterocycles. The summed E-state index contributed by atoms with van der Waals surface area (Å²) in [5.74, 6) is -2.08. The molecular weight excluding hydrogens is 360 g/mol. The summed E-state index contributed by atoms with van der Waals surface area (Å²) in [4.78, 5) is 24.4. The van der Waals surface area contributed by atoms with Gasteiger partial charge in [0.1, 0.15) is 0 Å². The number of carboxylic acids is 1. The Morgan fingerprint density at radius 1 is 1.25 bits per heavy atom. The third kappa shape index (κ3) is 2.97. The number of aromatic nitrogens is 2. The molecule has 1 aliphatic heterocycles. The van der Waals surface area contributed by atoms with Crippen LogP contribution in [0.15, 0.2) is 30.5 Å². The van der Waals surface area contributed by atoms with Crippen molar-refractivity contribution in [1.29, 1.82) is 0 Å². The molecule has 24 heavy (non-hydrogen) atoms. The summed E-state index contributed by atoms with van der Waals surface area (Å²) < 4.78 is 15.5. The minimum absolute atomic E-state index is 0.0290. The number of amides is 1. The van der Waals surface area contributed by atoms with Crippen molar-refractivity contribution in [2.45, 2.75) is 12.1 Å². The Labute approximate surface area is 146 Å². The van der Waals surface area contributed by atoms with Crippen LogP contribution in [0.1, 0.15) is 16.9 Å². The van der Waals surface area contributed by atoms with Gasteiger partial charge >= 0.3 is 5.97 Å². The average Bonchev–Trinajstić information content (AvgIpc) is 3.17. The normalized spacial score (nSPS) is 20.4. The molecule has 0 bridgehead atoms. The van der Waals surface area contributed by atoms with E-state index in [2.05, 4.69) is 5.10 Å². The second-order valence-corrected chi connectivity index (χ2v) is 6.31. The molecule has 1 saturated heterocycles. The predicted octanol–water partition coefficient (Wildman–Crippen LogP) is 2.82. The lowest BCUT2D eigenvalue weighted by molar-refractivity contribution is -0.149. The monoisotopic (exact) mass is 371 g/mol. The highest BCUT2D eigenvalue weighted by molar-refractivity contribution is 6.42. The van der Waals surface area contributed by atoms with Gasteiger partial charge in [-0.1, -0.05) is 23.2 Å². The van der Waals surface area contributed by atoms with Crippen LogP contribution < -0.4 is 0 Å². The van der Waals surface area contributed by atoms with E-state index in [9.17, 15) is 14.0 Å². The summed E-state index contributed by atoms with van der Waals surface area (Å²) in [5, 5.41) is 13.8. The number of hydrogen-bond acceptors (Lipinski definition) is 3. The molecule has 0 aliphatic carbocycles. The molecule has 126 valence electrons. The van der Waals surface area contributed by atoms with Crippen molar-refractivity contribution in [1.82, 2.24) is 14.7 Å². The number of benzene rings is 1. The van der Waals surface area contributed by atoms with E-state index in [1.807, 2.05) is 0 Å². The number of rotatable bonds is 3. The van der Waals surface area contributed by atoms with Gasteiger partial charge in [-0.25, -0.2) is 13.9 Å². The van der Waals surface area contributed by atoms with E-state index in [1.165, 1.54) is 10.7 Å². The smallest absolute Gasteiger partial charge is 0.343 e. The van der Waals surface area contributed by atoms with E-state index in [0.29, 0.717) is 15.7 Å². The van der Waals surface area contributed by atoms with Gasteiger partial charge < -0.3 is 10.0 Å². The van der Waals surface area contributed by atoms with Crippen LogP contribution in [0, 0.1) is 0 Å². The maximum Gasteiger partial charge on any atom is 0.343 e. The van der Waals surface area contributed by atoms with Gasteiger partial charge in [0.25, 0.3) is 5.91 Å². The van der Waals surface area contributed by atoms with Crippen molar-refractivity contribution in [2.75, 3.05) is 13.1 Å². The Kier molecular flexibility index (Phi) is 4.23. The van der Waals surface area contributed by atoms with Gasteiger partial charge in [-0.15, -0.1) is 0 Å². The van der Waals surface area contributed by atoms with Crippen LogP contribution in [0.5, 0.6) is 0 Å². The van der Waals surface area contributed by atoms with Gasteiger partial charge in [0.05, 0.1) is 22.3 Å². The summed E-state index contributed by atoms with van der Waals surface area (Å²) in [6.45, 7) is -0.456. The Balaban J connectivity index is 1.79. The lowest BCUT2D eigenvalue weighted by atomic mass is 10.1. The van der Waals surface area contributed by atoms with Crippen LogP contribution in [0.25, 0.3) is 5.69 Å². The van der Waals surface area contributed by atoms with E-state index in [1.54, 1.807) is 24.4 Å². The Morgan fingerprint density at radius 2 is 2.00 bits per heavy atom. The Morgan fingerprint density at radius 3 is 2.62 bits per heavy atom. The fraction of sp³-hybridized carbons (Fsp3) is 0.267. The van der Waals surface area contributed by atoms with Crippen LogP contribution in [-0.4, -0.2) is 50.4 Å². The Hall–Kier alpha value is -2.12. The van der Waals surface area contributed by atoms with E-state index >= 15 is 0 Å². The molecule has 0 saturated carbocycles. The minimum atomic E-state index is -2.40. The molecule has 1 atom stereocenters. The second kappa shape index (κ2) is 6.07. The lowest BCUT2D eigenvalue weighted by Gasteiger charge is -2.16. The van der Waals surface area contributed by atoms with E-state index in [4.69, 9.17) is 28.3 Å². The number of carbonyl (C=O) groups excluding carboxylic acids is 1. The maximum atomic E-state index is 14.1. The molecule has 1 fully saturated rings. The first-order valence-electron chi connectivity index (χ1n) is 7.03. The number of aliphatic carboxylic acids is 1. The average molecular weight is 372 g/mol. The van der Waals surface area contributed by atoms with Crippen LogP contribution in [0.4, 0.5) is 4.39 Å². The predicted molar refractivity (Wildman–Crippen MR) is 85.6 cm³/mol. The molecule has 9 heteroatoms. The summed E-state index contributed by atoms with van der Waals surface area (Å²) >= 11 is 11.8. The molecule has 1 aliphatic rings. The highest BCUT2D eigenvalue weighted by Crippen LogP contribution is 2.27. The number of hydrogen-bond donors (Lipinski definition) is 1. The standard InChI is InChI=1S/C15H12Cl2FN3O3/c16-10-2-1-9(7-11(10)17)21-5-3-12(19-21)13(22)20-6-4-15(18,8-20)14(23)24/h1-3,5,7H,4,6,8H2,(H,23,24). The van der Waals surface area contributed by atoms with Crippen LogP contribution >= 0.6 is 23.2 Å².